The molecule has 0 aromatic carbocycles. The van der Waals surface area contributed by atoms with Crippen molar-refractivity contribution in [1.29, 1.82) is 5.26 Å². The molecule has 2 atom stereocenters. The van der Waals surface area contributed by atoms with Crippen LogP contribution >= 0.6 is 0 Å². The Morgan fingerprint density at radius 2 is 1.50 bits per heavy atom. The summed E-state index contributed by atoms with van der Waals surface area (Å²) in [5, 5.41) is 33.8. The van der Waals surface area contributed by atoms with Crippen LogP contribution in [0.4, 0.5) is 0 Å². The second kappa shape index (κ2) is 11.5. The first kappa shape index (κ1) is 25.9. The predicted octanol–water partition coefficient (Wildman–Crippen LogP) is 2.21. The van der Waals surface area contributed by atoms with E-state index in [-0.39, 0.29) is 6.42 Å². The Hall–Kier alpha value is -2.36. The molecule has 0 aromatic heterocycles. The van der Waals surface area contributed by atoms with Gasteiger partial charge in [0.15, 0.2) is 0 Å². The lowest BCUT2D eigenvalue weighted by Gasteiger charge is -2.54. The zero-order valence-corrected chi connectivity index (χ0v) is 18.8. The normalized spacial score (nSPS) is 23.2. The van der Waals surface area contributed by atoms with E-state index in [1.54, 1.807) is 25.2 Å². The first-order chi connectivity index (χ1) is 15.4. The number of nitrogens with zero attached hydrogens (tertiary/aromatic N) is 3. The van der Waals surface area contributed by atoms with E-state index in [0.717, 1.165) is 38.5 Å². The van der Waals surface area contributed by atoms with Gasteiger partial charge in [-0.2, -0.15) is 15.2 Å². The number of aliphatic hydroxyl groups excluding tert-OH is 2. The summed E-state index contributed by atoms with van der Waals surface area (Å²) in [6, 6.07) is 1.77. The summed E-state index contributed by atoms with van der Waals surface area (Å²) in [4.78, 5) is 43.9. The fourth-order valence-electron chi connectivity index (χ4n) is 5.91. The van der Waals surface area contributed by atoms with Gasteiger partial charge in [0.2, 0.25) is 18.1 Å². The Balaban J connectivity index is 2.70. The van der Waals surface area contributed by atoms with E-state index in [1.807, 2.05) is 0 Å². The maximum absolute atomic E-state index is 12.3. The predicted molar refractivity (Wildman–Crippen MR) is 116 cm³/mol. The molecule has 0 saturated heterocycles. The molecule has 2 aliphatic carbocycles. The van der Waals surface area contributed by atoms with Gasteiger partial charge in [-0.25, -0.2) is 9.59 Å². The van der Waals surface area contributed by atoms with Crippen LogP contribution in [0.15, 0.2) is 9.98 Å². The van der Waals surface area contributed by atoms with Gasteiger partial charge in [0.25, 0.3) is 0 Å². The Morgan fingerprint density at radius 1 is 1.03 bits per heavy atom. The van der Waals surface area contributed by atoms with Crippen LogP contribution in [0.25, 0.3) is 0 Å². The molecule has 2 saturated carbocycles. The van der Waals surface area contributed by atoms with Gasteiger partial charge in [0.1, 0.15) is 6.42 Å². The van der Waals surface area contributed by atoms with E-state index in [4.69, 9.17) is 5.26 Å². The van der Waals surface area contributed by atoms with Crippen molar-refractivity contribution in [3.8, 4) is 6.07 Å². The number of isocyanates is 2. The van der Waals surface area contributed by atoms with Crippen LogP contribution in [0.2, 0.25) is 0 Å². The lowest BCUT2D eigenvalue weighted by atomic mass is 9.56. The molecule has 1 amide bonds. The third-order valence-electron chi connectivity index (χ3n) is 7.56. The van der Waals surface area contributed by atoms with Crippen LogP contribution in [-0.2, 0) is 14.4 Å². The van der Waals surface area contributed by atoms with Crippen LogP contribution in [-0.4, -0.2) is 57.6 Å². The Bertz CT molecular complexity index is 739. The van der Waals surface area contributed by atoms with Crippen molar-refractivity contribution in [2.45, 2.75) is 107 Å². The summed E-state index contributed by atoms with van der Waals surface area (Å²) in [5.41, 5.74) is -3.52. The number of nitriles is 1. The van der Waals surface area contributed by atoms with Crippen LogP contribution in [0.1, 0.15) is 84.0 Å². The third kappa shape index (κ3) is 5.16. The Labute approximate surface area is 189 Å². The van der Waals surface area contributed by atoms with E-state index in [0.29, 0.717) is 25.7 Å². The number of hydrogen-bond donors (Lipinski definition) is 3. The molecular formula is C23H34N4O5. The first-order valence-electron chi connectivity index (χ1n) is 11.5. The molecule has 0 spiro atoms. The van der Waals surface area contributed by atoms with Crippen molar-refractivity contribution >= 4 is 18.1 Å². The first-order valence-corrected chi connectivity index (χ1v) is 11.5. The summed E-state index contributed by atoms with van der Waals surface area (Å²) < 4.78 is 0. The molecule has 32 heavy (non-hydrogen) atoms. The van der Waals surface area contributed by atoms with Crippen molar-refractivity contribution in [3.05, 3.63) is 0 Å². The van der Waals surface area contributed by atoms with Crippen molar-refractivity contribution < 1.29 is 24.6 Å². The number of carbonyl (C=O) groups is 1. The molecule has 3 N–H and O–H groups in total. The molecule has 2 unspecified atom stereocenters. The number of nitrogens with one attached hydrogen (secondary N) is 1. The van der Waals surface area contributed by atoms with E-state index in [9.17, 15) is 24.6 Å². The Kier molecular flexibility index (Phi) is 9.30. The molecule has 2 aliphatic rings. The molecule has 0 bridgehead atoms. The van der Waals surface area contributed by atoms with Crippen LogP contribution < -0.4 is 5.32 Å². The molecular weight excluding hydrogens is 412 g/mol. The van der Waals surface area contributed by atoms with E-state index < -0.39 is 47.6 Å². The maximum Gasteiger partial charge on any atom is 0.235 e. The maximum atomic E-state index is 12.3. The van der Waals surface area contributed by atoms with Gasteiger partial charge >= 0.3 is 0 Å². The highest BCUT2D eigenvalue weighted by molar-refractivity contribution is 5.79. The second-order valence-corrected chi connectivity index (χ2v) is 9.21. The minimum absolute atomic E-state index is 0.167. The van der Waals surface area contributed by atoms with Gasteiger partial charge in [-0.05, 0) is 32.1 Å². The average Bonchev–Trinajstić information content (AvgIpc) is 2.79. The summed E-state index contributed by atoms with van der Waals surface area (Å²) in [6.07, 6.45) is 8.87. The topological polar surface area (TPSA) is 152 Å². The number of aliphatic imine (C=N–C) groups is 2. The molecule has 0 aliphatic heterocycles. The van der Waals surface area contributed by atoms with Gasteiger partial charge in [-0.3, -0.25) is 4.79 Å². The summed E-state index contributed by atoms with van der Waals surface area (Å²) in [5.74, 6) is -1.43. The fourth-order valence-corrected chi connectivity index (χ4v) is 5.91. The minimum atomic E-state index is -1.48. The number of aliphatic hydroxyl groups is 2. The molecule has 2 fully saturated rings. The van der Waals surface area contributed by atoms with Gasteiger partial charge in [-0.1, -0.05) is 45.4 Å². The van der Waals surface area contributed by atoms with Crippen molar-refractivity contribution in [1.82, 2.24) is 5.32 Å². The highest BCUT2D eigenvalue weighted by Gasteiger charge is 2.59. The lowest BCUT2D eigenvalue weighted by molar-refractivity contribution is -0.130. The van der Waals surface area contributed by atoms with Gasteiger partial charge < -0.3 is 15.5 Å². The number of carbonyl (C=O) groups excluding carboxylic acids is 3. The van der Waals surface area contributed by atoms with E-state index in [2.05, 4.69) is 15.3 Å². The zero-order valence-electron chi connectivity index (χ0n) is 18.8. The largest absolute Gasteiger partial charge is 0.394 e. The third-order valence-corrected chi connectivity index (χ3v) is 7.56. The van der Waals surface area contributed by atoms with Crippen molar-refractivity contribution in [2.75, 3.05) is 6.61 Å². The minimum Gasteiger partial charge on any atom is -0.394 e. The molecule has 176 valence electrons. The van der Waals surface area contributed by atoms with E-state index in [1.165, 1.54) is 0 Å². The van der Waals surface area contributed by atoms with Crippen molar-refractivity contribution in [3.63, 3.8) is 0 Å². The lowest BCUT2D eigenvalue weighted by Crippen LogP contribution is -2.68. The zero-order chi connectivity index (χ0) is 23.7. The molecule has 9 heteroatoms. The molecule has 9 nitrogen and oxygen atoms in total. The summed E-state index contributed by atoms with van der Waals surface area (Å²) in [7, 11) is 0. The monoisotopic (exact) mass is 446 g/mol. The van der Waals surface area contributed by atoms with Crippen LogP contribution in [0, 0.1) is 17.2 Å². The molecule has 0 aromatic rings. The highest BCUT2D eigenvalue weighted by atomic mass is 16.3. The fraction of sp³-hybridized carbons (Fsp3) is 0.826. The van der Waals surface area contributed by atoms with Gasteiger partial charge in [-0.15, -0.1) is 0 Å². The van der Waals surface area contributed by atoms with Crippen molar-refractivity contribution in [2.24, 2.45) is 15.9 Å². The number of rotatable bonds is 10. The number of amides is 1. The molecule has 0 heterocycles. The highest BCUT2D eigenvalue weighted by Crippen LogP contribution is 2.52. The van der Waals surface area contributed by atoms with E-state index >= 15 is 0 Å². The van der Waals surface area contributed by atoms with Crippen LogP contribution in [0.3, 0.4) is 0 Å². The summed E-state index contributed by atoms with van der Waals surface area (Å²) >= 11 is 0. The van der Waals surface area contributed by atoms with Gasteiger partial charge in [0, 0.05) is 5.92 Å². The average molecular weight is 447 g/mol. The second-order valence-electron chi connectivity index (χ2n) is 9.21. The van der Waals surface area contributed by atoms with Gasteiger partial charge in [0.05, 0.1) is 35.4 Å². The molecule has 2 rings (SSSR count). The standard InChI is InChI=1S/C23H34N4O5/c1-2-21(15-28,27-18(31)9-14-24)20(32)19(22(25-16-29)10-5-3-6-11-22)23(26-17-30)12-7-4-8-13-23/h19-20,28,32H,2-13,15H2,1H3,(H,27,31). The van der Waals surface area contributed by atoms with Crippen LogP contribution in [0.5, 0.6) is 0 Å². The SMILES string of the molecule is CCC(CO)(NC(=O)CC#N)C(O)C(C1(N=C=O)CCCCC1)C1(N=C=O)CCCCC1. The number of hydrogen-bond acceptors (Lipinski definition) is 8. The quantitative estimate of drug-likeness (QED) is 0.345. The Morgan fingerprint density at radius 3 is 1.84 bits per heavy atom. The smallest absolute Gasteiger partial charge is 0.235 e. The summed E-state index contributed by atoms with van der Waals surface area (Å²) in [6.45, 7) is 1.14. The molecule has 0 radical (unpaired) electrons.